The zero-order valence-corrected chi connectivity index (χ0v) is 24.9. The third kappa shape index (κ3) is 11.0. The van der Waals surface area contributed by atoms with Crippen LogP contribution in [0.1, 0.15) is 48.5 Å². The Morgan fingerprint density at radius 2 is 0.667 bits per heavy atom. The molecule has 0 aliphatic rings. The molecular formula is C25H45N9O8. The van der Waals surface area contributed by atoms with E-state index in [1.54, 1.807) is 0 Å². The van der Waals surface area contributed by atoms with Gasteiger partial charge >= 0.3 is 0 Å². The number of rotatable bonds is 17. The maximum atomic E-state index is 13.9. The van der Waals surface area contributed by atoms with Crippen LogP contribution in [-0.2, 0) is 38.4 Å². The lowest BCUT2D eigenvalue weighted by atomic mass is 9.73. The van der Waals surface area contributed by atoms with E-state index in [9.17, 15) is 38.4 Å². The summed E-state index contributed by atoms with van der Waals surface area (Å²) in [5, 5.41) is 8.96. The van der Waals surface area contributed by atoms with Crippen molar-refractivity contribution in [2.24, 2.45) is 58.3 Å². The summed E-state index contributed by atoms with van der Waals surface area (Å²) < 4.78 is 0. The molecule has 0 aliphatic heterocycles. The van der Waals surface area contributed by atoms with E-state index in [1.807, 2.05) is 0 Å². The molecule has 0 aromatic carbocycles. The van der Waals surface area contributed by atoms with E-state index in [-0.39, 0.29) is 0 Å². The van der Waals surface area contributed by atoms with Gasteiger partial charge < -0.3 is 49.9 Å². The van der Waals surface area contributed by atoms with Crippen molar-refractivity contribution >= 4 is 46.8 Å². The fourth-order valence-electron chi connectivity index (χ4n) is 4.12. The van der Waals surface area contributed by atoms with Crippen LogP contribution in [0.4, 0.5) is 0 Å². The van der Waals surface area contributed by atoms with Crippen molar-refractivity contribution in [2.75, 3.05) is 0 Å². The van der Waals surface area contributed by atoms with Crippen LogP contribution in [0.5, 0.6) is 0 Å². The van der Waals surface area contributed by atoms with Gasteiger partial charge in [0.1, 0.15) is 29.5 Å². The molecule has 0 saturated carbocycles. The second-order valence-electron chi connectivity index (χ2n) is 10.4. The highest BCUT2D eigenvalue weighted by Crippen LogP contribution is 2.26. The van der Waals surface area contributed by atoms with E-state index < -0.39 is 107 Å². The van der Waals surface area contributed by atoms with Gasteiger partial charge in [-0.3, -0.25) is 38.4 Å². The molecule has 14 N–H and O–H groups in total. The quantitative estimate of drug-likeness (QED) is 0.0562. The van der Waals surface area contributed by atoms with Gasteiger partial charge in [0.15, 0.2) is 17.3 Å². The topological polar surface area (TPSA) is 315 Å². The Kier molecular flexibility index (Phi) is 15.3. The standard InChI is InChI=1S/C25H45N9O8/c1-8(19(36)16(23(40)32-12(5)28)15(10(3)35)22(39)31-11(4)27)20(37)17(24(41)33-13(6)29)18(21(38)9(2)26)25(42)34-14(7)30/h8-9,11-18H,26-30H2,1-7H3,(H,31,39)(H,32,40)(H,33,41)(H,34,42). The molecule has 0 aromatic rings. The smallest absolute Gasteiger partial charge is 0.233 e. The number of ketones is 4. The van der Waals surface area contributed by atoms with Crippen LogP contribution in [0, 0.1) is 29.6 Å². The summed E-state index contributed by atoms with van der Waals surface area (Å²) >= 11 is 0. The first kappa shape index (κ1) is 38.4. The average molecular weight is 600 g/mol. The van der Waals surface area contributed by atoms with Gasteiger partial charge in [0.25, 0.3) is 0 Å². The van der Waals surface area contributed by atoms with E-state index in [1.165, 1.54) is 34.6 Å². The average Bonchev–Trinajstić information content (AvgIpc) is 2.81. The van der Waals surface area contributed by atoms with Crippen LogP contribution in [-0.4, -0.2) is 77.5 Å². The van der Waals surface area contributed by atoms with Crippen LogP contribution in [0.25, 0.3) is 0 Å². The molecule has 0 bridgehead atoms. The van der Waals surface area contributed by atoms with Gasteiger partial charge in [-0.05, 0) is 48.5 Å². The molecule has 4 amide bonds. The number of nitrogens with one attached hydrogen (secondary N) is 4. The van der Waals surface area contributed by atoms with Gasteiger partial charge in [-0.2, -0.15) is 0 Å². The molecule has 0 rings (SSSR count). The van der Waals surface area contributed by atoms with E-state index in [0.717, 1.165) is 13.8 Å². The molecule has 238 valence electrons. The number of hydrogen-bond acceptors (Lipinski definition) is 13. The molecule has 0 aromatic heterocycles. The summed E-state index contributed by atoms with van der Waals surface area (Å²) in [5.74, 6) is -19.3. The Morgan fingerprint density at radius 1 is 0.429 bits per heavy atom. The molecule has 17 heteroatoms. The van der Waals surface area contributed by atoms with Gasteiger partial charge in [0.05, 0.1) is 36.6 Å². The molecular weight excluding hydrogens is 554 g/mol. The first-order valence-electron chi connectivity index (χ1n) is 13.3. The Bertz CT molecular complexity index is 1060. The van der Waals surface area contributed by atoms with Crippen molar-refractivity contribution in [1.29, 1.82) is 0 Å². The fraction of sp³-hybridized carbons (Fsp3) is 0.680. The van der Waals surface area contributed by atoms with E-state index >= 15 is 0 Å². The van der Waals surface area contributed by atoms with Gasteiger partial charge in [0, 0.05) is 0 Å². The number of amides is 4. The molecule has 17 nitrogen and oxygen atoms in total. The van der Waals surface area contributed by atoms with Gasteiger partial charge in [-0.15, -0.1) is 0 Å². The third-order valence-electron chi connectivity index (χ3n) is 5.94. The Morgan fingerprint density at radius 3 is 0.905 bits per heavy atom. The highest BCUT2D eigenvalue weighted by atomic mass is 16.2. The number of Topliss-reactive ketones (excluding diaryl/α,β-unsaturated/α-hetero) is 4. The van der Waals surface area contributed by atoms with E-state index in [4.69, 9.17) is 28.7 Å². The summed E-state index contributed by atoms with van der Waals surface area (Å²) in [5.41, 5.74) is 28.2. The summed E-state index contributed by atoms with van der Waals surface area (Å²) in [6.45, 7) is 8.57. The molecule has 10 atom stereocenters. The first-order valence-corrected chi connectivity index (χ1v) is 13.3. The lowest BCUT2D eigenvalue weighted by molar-refractivity contribution is -0.154. The van der Waals surface area contributed by atoms with Crippen LogP contribution in [0.2, 0.25) is 0 Å². The molecule has 0 saturated heterocycles. The second kappa shape index (κ2) is 16.7. The summed E-state index contributed by atoms with van der Waals surface area (Å²) in [6, 6.07) is -1.34. The maximum Gasteiger partial charge on any atom is 0.233 e. The predicted octanol–water partition coefficient (Wildman–Crippen LogP) is -4.59. The third-order valence-corrected chi connectivity index (χ3v) is 5.94. The fourth-order valence-corrected chi connectivity index (χ4v) is 4.12. The number of carbonyl (C=O) groups excluding carboxylic acids is 8. The minimum Gasteiger partial charge on any atom is -0.341 e. The Balaban J connectivity index is 7.09. The highest BCUT2D eigenvalue weighted by molar-refractivity contribution is 6.22. The van der Waals surface area contributed by atoms with Gasteiger partial charge in [0.2, 0.25) is 23.6 Å². The lowest BCUT2D eigenvalue weighted by Crippen LogP contribution is -2.58. The maximum absolute atomic E-state index is 13.9. The van der Waals surface area contributed by atoms with E-state index in [0.29, 0.717) is 0 Å². The monoisotopic (exact) mass is 599 g/mol. The molecule has 0 spiro atoms. The van der Waals surface area contributed by atoms with Crippen LogP contribution >= 0.6 is 0 Å². The SMILES string of the molecule is CC(=O)C(C(=O)NC(C)N)C(C(=O)NC(C)N)C(=O)C(C)C(=O)C(C(=O)NC(C)N)C(C(=O)NC(C)N)C(=O)C(C)N. The van der Waals surface area contributed by atoms with Crippen LogP contribution in [0.3, 0.4) is 0 Å². The molecule has 0 radical (unpaired) electrons. The van der Waals surface area contributed by atoms with Crippen molar-refractivity contribution in [1.82, 2.24) is 21.3 Å². The normalized spacial score (nSPS) is 18.3. The Labute approximate surface area is 244 Å². The van der Waals surface area contributed by atoms with Crippen molar-refractivity contribution in [2.45, 2.75) is 79.2 Å². The summed E-state index contributed by atoms with van der Waals surface area (Å²) in [4.78, 5) is 106. The summed E-state index contributed by atoms with van der Waals surface area (Å²) in [7, 11) is 0. The van der Waals surface area contributed by atoms with Gasteiger partial charge in [-0.25, -0.2) is 0 Å². The molecule has 0 fully saturated rings. The minimum atomic E-state index is -2.17. The molecule has 0 heterocycles. The predicted molar refractivity (Wildman–Crippen MR) is 150 cm³/mol. The minimum absolute atomic E-state index is 0.918. The zero-order valence-electron chi connectivity index (χ0n) is 24.9. The van der Waals surface area contributed by atoms with Crippen molar-refractivity contribution in [3.63, 3.8) is 0 Å². The zero-order chi connectivity index (χ0) is 33.2. The number of carbonyl (C=O) groups is 8. The molecule has 0 aliphatic carbocycles. The highest BCUT2D eigenvalue weighted by Gasteiger charge is 2.50. The summed E-state index contributed by atoms with van der Waals surface area (Å²) in [6.07, 6.45) is -4.10. The lowest BCUT2D eigenvalue weighted by Gasteiger charge is -2.30. The second-order valence-corrected chi connectivity index (χ2v) is 10.4. The van der Waals surface area contributed by atoms with Crippen molar-refractivity contribution < 1.29 is 38.4 Å². The molecule has 10 unspecified atom stereocenters. The first-order chi connectivity index (χ1) is 19.1. The number of hydrogen-bond donors (Lipinski definition) is 9. The van der Waals surface area contributed by atoms with Gasteiger partial charge in [-0.1, -0.05) is 0 Å². The van der Waals surface area contributed by atoms with Crippen molar-refractivity contribution in [3.05, 3.63) is 0 Å². The molecule has 42 heavy (non-hydrogen) atoms. The number of nitrogens with two attached hydrogens (primary N) is 5. The van der Waals surface area contributed by atoms with Crippen LogP contribution in [0.15, 0.2) is 0 Å². The van der Waals surface area contributed by atoms with E-state index in [2.05, 4.69) is 21.3 Å². The van der Waals surface area contributed by atoms with Crippen LogP contribution < -0.4 is 49.9 Å². The Hall–Kier alpha value is -3.64. The van der Waals surface area contributed by atoms with Crippen molar-refractivity contribution in [3.8, 4) is 0 Å². The largest absolute Gasteiger partial charge is 0.341 e.